The number of nitrogens with one attached hydrogen (secondary N) is 1. The van der Waals surface area contributed by atoms with Crippen LogP contribution < -0.4 is 5.32 Å². The van der Waals surface area contributed by atoms with Crippen molar-refractivity contribution in [1.82, 2.24) is 5.32 Å². The van der Waals surface area contributed by atoms with E-state index in [2.05, 4.69) is 16.6 Å². The van der Waals surface area contributed by atoms with Crippen molar-refractivity contribution in [3.05, 3.63) is 12.2 Å². The van der Waals surface area contributed by atoms with Crippen LogP contribution in [0.4, 0.5) is 0 Å². The van der Waals surface area contributed by atoms with Gasteiger partial charge in [-0.2, -0.15) is 0 Å². The standard InChI is InChI=1S/C10H17NO4/c1-4-14-9(12)7-11-6-8(3)10(13)15-5-2/h11H,3-7H2,1-2H3. The lowest BCUT2D eigenvalue weighted by Crippen LogP contribution is -2.28. The van der Waals surface area contributed by atoms with Crippen LogP contribution in [0.5, 0.6) is 0 Å². The highest BCUT2D eigenvalue weighted by molar-refractivity contribution is 5.88. The second kappa shape index (κ2) is 7.99. The summed E-state index contributed by atoms with van der Waals surface area (Å²) in [4.78, 5) is 22.0. The summed E-state index contributed by atoms with van der Waals surface area (Å²) in [6.45, 7) is 7.92. The summed E-state index contributed by atoms with van der Waals surface area (Å²) in [5.74, 6) is -0.803. The first-order valence-corrected chi connectivity index (χ1v) is 4.83. The van der Waals surface area contributed by atoms with Crippen molar-refractivity contribution >= 4 is 11.9 Å². The van der Waals surface area contributed by atoms with Gasteiger partial charge >= 0.3 is 11.9 Å². The van der Waals surface area contributed by atoms with Gasteiger partial charge in [-0.15, -0.1) is 0 Å². The van der Waals surface area contributed by atoms with Crippen LogP contribution in [0.25, 0.3) is 0 Å². The van der Waals surface area contributed by atoms with Crippen molar-refractivity contribution in [2.45, 2.75) is 13.8 Å². The van der Waals surface area contributed by atoms with Crippen molar-refractivity contribution in [2.24, 2.45) is 0 Å². The summed E-state index contributed by atoms with van der Waals surface area (Å²) in [5, 5.41) is 2.73. The first kappa shape index (κ1) is 13.6. The molecule has 0 bridgehead atoms. The minimum atomic E-state index is -0.450. The number of hydrogen-bond acceptors (Lipinski definition) is 5. The Bertz CT molecular complexity index is 238. The Balaban J connectivity index is 3.63. The predicted molar refractivity (Wildman–Crippen MR) is 55.3 cm³/mol. The molecule has 0 heterocycles. The highest BCUT2D eigenvalue weighted by Crippen LogP contribution is 1.92. The van der Waals surface area contributed by atoms with Gasteiger partial charge in [0.2, 0.25) is 0 Å². The molecule has 0 amide bonds. The summed E-state index contributed by atoms with van der Waals surface area (Å²) in [5.41, 5.74) is 0.293. The second-order valence-corrected chi connectivity index (χ2v) is 2.73. The van der Waals surface area contributed by atoms with Gasteiger partial charge in [0, 0.05) is 12.1 Å². The molecule has 0 saturated heterocycles. The molecule has 0 spiro atoms. The van der Waals surface area contributed by atoms with E-state index in [0.29, 0.717) is 18.8 Å². The van der Waals surface area contributed by atoms with Crippen LogP contribution >= 0.6 is 0 Å². The number of hydrogen-bond donors (Lipinski definition) is 1. The van der Waals surface area contributed by atoms with Crippen molar-refractivity contribution in [3.63, 3.8) is 0 Å². The van der Waals surface area contributed by atoms with Gasteiger partial charge in [0.1, 0.15) is 0 Å². The fourth-order valence-corrected chi connectivity index (χ4v) is 0.833. The van der Waals surface area contributed by atoms with E-state index in [9.17, 15) is 9.59 Å². The van der Waals surface area contributed by atoms with E-state index in [4.69, 9.17) is 4.74 Å². The molecule has 0 aliphatic rings. The van der Waals surface area contributed by atoms with E-state index >= 15 is 0 Å². The van der Waals surface area contributed by atoms with Crippen molar-refractivity contribution in [1.29, 1.82) is 0 Å². The molecule has 0 radical (unpaired) electrons. The zero-order chi connectivity index (χ0) is 11.7. The van der Waals surface area contributed by atoms with Crippen LogP contribution in [0.1, 0.15) is 13.8 Å². The summed E-state index contributed by atoms with van der Waals surface area (Å²) in [6, 6.07) is 0. The van der Waals surface area contributed by atoms with E-state index in [0.717, 1.165) is 0 Å². The molecule has 0 aromatic carbocycles. The Morgan fingerprint density at radius 1 is 1.13 bits per heavy atom. The molecule has 0 saturated carbocycles. The third kappa shape index (κ3) is 6.68. The molecule has 0 aromatic heterocycles. The average Bonchev–Trinajstić information content (AvgIpc) is 2.18. The maximum Gasteiger partial charge on any atom is 0.334 e. The van der Waals surface area contributed by atoms with Gasteiger partial charge in [-0.25, -0.2) is 4.79 Å². The Morgan fingerprint density at radius 2 is 1.73 bits per heavy atom. The first-order chi connectivity index (χ1) is 7.11. The molecule has 5 nitrogen and oxygen atoms in total. The van der Waals surface area contributed by atoms with E-state index in [-0.39, 0.29) is 19.1 Å². The summed E-state index contributed by atoms with van der Waals surface area (Å²) in [6.07, 6.45) is 0. The number of rotatable bonds is 7. The van der Waals surface area contributed by atoms with Crippen LogP contribution in [0.3, 0.4) is 0 Å². The third-order valence-corrected chi connectivity index (χ3v) is 1.48. The highest BCUT2D eigenvalue weighted by atomic mass is 16.5. The van der Waals surface area contributed by atoms with Gasteiger partial charge in [-0.05, 0) is 13.8 Å². The molecule has 0 aliphatic carbocycles. The Kier molecular flexibility index (Phi) is 7.27. The molecule has 0 aromatic rings. The Labute approximate surface area is 89.4 Å². The molecule has 1 N–H and O–H groups in total. The summed E-state index contributed by atoms with van der Waals surface area (Å²) < 4.78 is 9.40. The number of ether oxygens (including phenoxy) is 2. The zero-order valence-corrected chi connectivity index (χ0v) is 9.17. The van der Waals surface area contributed by atoms with Gasteiger partial charge in [-0.3, -0.25) is 4.79 Å². The minimum absolute atomic E-state index is 0.0618. The number of carbonyl (C=O) groups excluding carboxylic acids is 2. The van der Waals surface area contributed by atoms with Crippen LogP contribution in [0, 0.1) is 0 Å². The minimum Gasteiger partial charge on any atom is -0.465 e. The monoisotopic (exact) mass is 215 g/mol. The van der Waals surface area contributed by atoms with Crippen molar-refractivity contribution in [2.75, 3.05) is 26.3 Å². The fourth-order valence-electron chi connectivity index (χ4n) is 0.833. The SMILES string of the molecule is C=C(CNCC(=O)OCC)C(=O)OCC. The lowest BCUT2D eigenvalue weighted by atomic mass is 10.3. The molecule has 0 fully saturated rings. The smallest absolute Gasteiger partial charge is 0.334 e. The first-order valence-electron chi connectivity index (χ1n) is 4.83. The van der Waals surface area contributed by atoms with Gasteiger partial charge in [-0.1, -0.05) is 6.58 Å². The lowest BCUT2D eigenvalue weighted by Gasteiger charge is -2.06. The van der Waals surface area contributed by atoms with E-state index in [1.807, 2.05) is 0 Å². The van der Waals surface area contributed by atoms with Gasteiger partial charge in [0.25, 0.3) is 0 Å². The third-order valence-electron chi connectivity index (χ3n) is 1.48. The van der Waals surface area contributed by atoms with Gasteiger partial charge in [0.05, 0.1) is 19.8 Å². The van der Waals surface area contributed by atoms with Gasteiger partial charge in [0.15, 0.2) is 0 Å². The highest BCUT2D eigenvalue weighted by Gasteiger charge is 2.08. The molecule has 15 heavy (non-hydrogen) atoms. The van der Waals surface area contributed by atoms with E-state index in [1.54, 1.807) is 13.8 Å². The zero-order valence-electron chi connectivity index (χ0n) is 9.17. The maximum absolute atomic E-state index is 11.1. The van der Waals surface area contributed by atoms with Crippen LogP contribution in [0.2, 0.25) is 0 Å². The van der Waals surface area contributed by atoms with Crippen molar-refractivity contribution in [3.8, 4) is 0 Å². The van der Waals surface area contributed by atoms with Crippen LogP contribution in [-0.2, 0) is 19.1 Å². The molecule has 0 atom stereocenters. The van der Waals surface area contributed by atoms with E-state index < -0.39 is 5.97 Å². The topological polar surface area (TPSA) is 64.6 Å². The normalized spacial score (nSPS) is 9.47. The molecule has 5 heteroatoms. The number of carbonyl (C=O) groups is 2. The van der Waals surface area contributed by atoms with Crippen molar-refractivity contribution < 1.29 is 19.1 Å². The quantitative estimate of drug-likeness (QED) is 0.487. The average molecular weight is 215 g/mol. The lowest BCUT2D eigenvalue weighted by molar-refractivity contribution is -0.142. The summed E-state index contributed by atoms with van der Waals surface area (Å²) in [7, 11) is 0. The summed E-state index contributed by atoms with van der Waals surface area (Å²) >= 11 is 0. The molecular formula is C10H17NO4. The molecule has 86 valence electrons. The Morgan fingerprint density at radius 3 is 2.27 bits per heavy atom. The molecular weight excluding hydrogens is 198 g/mol. The Hall–Kier alpha value is -1.36. The largest absolute Gasteiger partial charge is 0.465 e. The second-order valence-electron chi connectivity index (χ2n) is 2.73. The van der Waals surface area contributed by atoms with Crippen LogP contribution in [0.15, 0.2) is 12.2 Å². The fraction of sp³-hybridized carbons (Fsp3) is 0.600. The number of esters is 2. The molecule has 0 unspecified atom stereocenters. The maximum atomic E-state index is 11.1. The predicted octanol–water partition coefficient (Wildman–Crippen LogP) is 0.258. The molecule has 0 aliphatic heterocycles. The van der Waals surface area contributed by atoms with Gasteiger partial charge < -0.3 is 14.8 Å². The van der Waals surface area contributed by atoms with Crippen LogP contribution in [-0.4, -0.2) is 38.2 Å². The van der Waals surface area contributed by atoms with E-state index in [1.165, 1.54) is 0 Å². The molecule has 0 rings (SSSR count).